The van der Waals surface area contributed by atoms with Crippen molar-refractivity contribution in [3.63, 3.8) is 0 Å². The molecule has 0 radical (unpaired) electrons. The molecule has 0 aliphatic carbocycles. The molecule has 2 atom stereocenters. The summed E-state index contributed by atoms with van der Waals surface area (Å²) in [6.45, 7) is 5.90. The van der Waals surface area contributed by atoms with Crippen molar-refractivity contribution >= 4 is 23.5 Å². The maximum Gasteiger partial charge on any atom is 0.255 e. The van der Waals surface area contributed by atoms with Crippen LogP contribution in [0.15, 0.2) is 18.3 Å². The molecule has 98 valence electrons. The van der Waals surface area contributed by atoms with Crippen LogP contribution < -0.4 is 11.3 Å². The van der Waals surface area contributed by atoms with Gasteiger partial charge >= 0.3 is 0 Å². The van der Waals surface area contributed by atoms with Crippen LogP contribution in [0.25, 0.3) is 0 Å². The highest BCUT2D eigenvalue weighted by Crippen LogP contribution is 2.25. The molecule has 0 saturated carbocycles. The van der Waals surface area contributed by atoms with Crippen molar-refractivity contribution in [1.82, 2.24) is 9.88 Å². The van der Waals surface area contributed by atoms with Gasteiger partial charge in [-0.05, 0) is 12.1 Å². The molecule has 2 heterocycles. The van der Waals surface area contributed by atoms with E-state index in [0.717, 1.165) is 13.1 Å². The summed E-state index contributed by atoms with van der Waals surface area (Å²) in [6, 6.07) is 3.46. The van der Waals surface area contributed by atoms with E-state index in [1.165, 1.54) is 0 Å². The monoisotopic (exact) mass is 266 g/mol. The van der Waals surface area contributed by atoms with Gasteiger partial charge in [-0.1, -0.05) is 13.8 Å². The van der Waals surface area contributed by atoms with Crippen LogP contribution in [0.2, 0.25) is 0 Å². The Labute approximate surface area is 111 Å². The number of rotatable bonds is 2. The predicted octanol–water partition coefficient (Wildman–Crippen LogP) is 1.33. The number of carbonyl (C=O) groups excluding carboxylic acids is 1. The van der Waals surface area contributed by atoms with E-state index in [2.05, 4.69) is 24.3 Å². The van der Waals surface area contributed by atoms with Crippen molar-refractivity contribution < 1.29 is 4.79 Å². The Morgan fingerprint density at radius 1 is 1.44 bits per heavy atom. The molecule has 1 aliphatic rings. The molecule has 1 amide bonds. The number of nitrogen functional groups attached to an aromatic ring is 1. The van der Waals surface area contributed by atoms with Crippen molar-refractivity contribution in [2.24, 2.45) is 5.84 Å². The van der Waals surface area contributed by atoms with Gasteiger partial charge < -0.3 is 10.3 Å². The summed E-state index contributed by atoms with van der Waals surface area (Å²) >= 11 is 1.93. The minimum absolute atomic E-state index is 0.0464. The molecule has 18 heavy (non-hydrogen) atoms. The Kier molecular flexibility index (Phi) is 4.08. The normalized spacial score (nSPS) is 23.8. The Balaban J connectivity index is 2.09. The zero-order valence-electron chi connectivity index (χ0n) is 10.6. The Hall–Kier alpha value is -1.27. The molecule has 1 aromatic rings. The van der Waals surface area contributed by atoms with E-state index in [1.54, 1.807) is 18.3 Å². The lowest BCUT2D eigenvalue weighted by atomic mass is 10.2. The number of nitrogens with zero attached hydrogens (tertiary/aromatic N) is 2. The highest BCUT2D eigenvalue weighted by molar-refractivity contribution is 8.00. The first-order valence-corrected chi connectivity index (χ1v) is 6.92. The molecule has 5 nitrogen and oxygen atoms in total. The molecular formula is C12H18N4OS. The number of amides is 1. The lowest BCUT2D eigenvalue weighted by Crippen LogP contribution is -2.44. The molecule has 1 fully saturated rings. The van der Waals surface area contributed by atoms with Crippen LogP contribution in [-0.2, 0) is 0 Å². The van der Waals surface area contributed by atoms with Gasteiger partial charge in [0.15, 0.2) is 0 Å². The molecule has 1 saturated heterocycles. The standard InChI is InChI=1S/C12H18N4OS/c1-8-6-16(7-9(2)18-8)12(17)10-3-4-11(15-13)14-5-10/h3-5,8-9H,6-7,13H2,1-2H3,(H,14,15). The van der Waals surface area contributed by atoms with Gasteiger partial charge in [0.05, 0.1) is 5.56 Å². The van der Waals surface area contributed by atoms with Gasteiger partial charge in [0.1, 0.15) is 5.82 Å². The molecule has 0 spiro atoms. The fraction of sp³-hybridized carbons (Fsp3) is 0.500. The first-order valence-electron chi connectivity index (χ1n) is 5.97. The second-order valence-corrected chi connectivity index (χ2v) is 6.43. The second-order valence-electron chi connectivity index (χ2n) is 4.54. The van der Waals surface area contributed by atoms with Crippen molar-refractivity contribution in [3.05, 3.63) is 23.9 Å². The predicted molar refractivity (Wildman–Crippen MR) is 74.5 cm³/mol. The topological polar surface area (TPSA) is 71.2 Å². The molecule has 6 heteroatoms. The van der Waals surface area contributed by atoms with Crippen LogP contribution in [0.1, 0.15) is 24.2 Å². The third-order valence-corrected chi connectivity index (χ3v) is 4.09. The SMILES string of the molecule is CC1CN(C(=O)c2ccc(NN)nc2)CC(C)S1. The number of pyridine rings is 1. The quantitative estimate of drug-likeness (QED) is 0.624. The van der Waals surface area contributed by atoms with Gasteiger partial charge in [0.25, 0.3) is 5.91 Å². The van der Waals surface area contributed by atoms with Crippen LogP contribution >= 0.6 is 11.8 Å². The third-order valence-electron chi connectivity index (χ3n) is 2.87. The number of carbonyl (C=O) groups is 1. The Morgan fingerprint density at radius 3 is 2.61 bits per heavy atom. The largest absolute Gasteiger partial charge is 0.336 e. The van der Waals surface area contributed by atoms with E-state index in [0.29, 0.717) is 21.9 Å². The van der Waals surface area contributed by atoms with Crippen molar-refractivity contribution in [3.8, 4) is 0 Å². The average molecular weight is 266 g/mol. The van der Waals surface area contributed by atoms with Gasteiger partial charge in [-0.25, -0.2) is 10.8 Å². The number of anilines is 1. The van der Waals surface area contributed by atoms with Crippen LogP contribution in [0.3, 0.4) is 0 Å². The number of nitrogens with two attached hydrogens (primary N) is 1. The van der Waals surface area contributed by atoms with Crippen LogP contribution in [0, 0.1) is 0 Å². The summed E-state index contributed by atoms with van der Waals surface area (Å²) in [5.74, 6) is 5.85. The first kappa shape index (κ1) is 13.2. The number of hydrazine groups is 1. The Morgan fingerprint density at radius 2 is 2.11 bits per heavy atom. The summed E-state index contributed by atoms with van der Waals surface area (Å²) in [5.41, 5.74) is 3.06. The van der Waals surface area contributed by atoms with E-state index in [4.69, 9.17) is 5.84 Å². The van der Waals surface area contributed by atoms with Crippen LogP contribution in [-0.4, -0.2) is 39.4 Å². The number of aromatic nitrogens is 1. The maximum absolute atomic E-state index is 12.3. The maximum atomic E-state index is 12.3. The molecule has 3 N–H and O–H groups in total. The van der Waals surface area contributed by atoms with Gasteiger partial charge in [-0.15, -0.1) is 0 Å². The van der Waals surface area contributed by atoms with E-state index in [-0.39, 0.29) is 5.91 Å². The van der Waals surface area contributed by atoms with Gasteiger partial charge in [-0.2, -0.15) is 11.8 Å². The summed E-state index contributed by atoms with van der Waals surface area (Å²) < 4.78 is 0. The Bertz CT molecular complexity index is 413. The zero-order valence-corrected chi connectivity index (χ0v) is 11.4. The van der Waals surface area contributed by atoms with Crippen LogP contribution in [0.5, 0.6) is 0 Å². The third kappa shape index (κ3) is 2.94. The molecular weight excluding hydrogens is 248 g/mol. The number of hydrogen-bond donors (Lipinski definition) is 2. The summed E-state index contributed by atoms with van der Waals surface area (Å²) in [5, 5.41) is 0.964. The molecule has 0 aromatic carbocycles. The lowest BCUT2D eigenvalue weighted by molar-refractivity contribution is 0.0753. The van der Waals surface area contributed by atoms with E-state index >= 15 is 0 Å². The second kappa shape index (κ2) is 5.58. The first-order chi connectivity index (χ1) is 8.60. The van der Waals surface area contributed by atoms with E-state index in [9.17, 15) is 4.79 Å². The number of thioether (sulfide) groups is 1. The van der Waals surface area contributed by atoms with E-state index in [1.807, 2.05) is 16.7 Å². The van der Waals surface area contributed by atoms with Crippen molar-refractivity contribution in [2.45, 2.75) is 24.3 Å². The molecule has 1 aromatic heterocycles. The van der Waals surface area contributed by atoms with Gasteiger partial charge in [-0.3, -0.25) is 4.79 Å². The average Bonchev–Trinajstić information content (AvgIpc) is 2.37. The fourth-order valence-electron chi connectivity index (χ4n) is 2.13. The van der Waals surface area contributed by atoms with E-state index < -0.39 is 0 Å². The molecule has 0 bridgehead atoms. The fourth-order valence-corrected chi connectivity index (χ4v) is 3.46. The summed E-state index contributed by atoms with van der Waals surface area (Å²) in [7, 11) is 0. The van der Waals surface area contributed by atoms with Crippen LogP contribution in [0.4, 0.5) is 5.82 Å². The lowest BCUT2D eigenvalue weighted by Gasteiger charge is -2.34. The molecule has 1 aliphatic heterocycles. The smallest absolute Gasteiger partial charge is 0.255 e. The summed E-state index contributed by atoms with van der Waals surface area (Å²) in [4.78, 5) is 18.3. The molecule has 2 rings (SSSR count). The van der Waals surface area contributed by atoms with Gasteiger partial charge in [0, 0.05) is 29.8 Å². The van der Waals surface area contributed by atoms with Crippen molar-refractivity contribution in [2.75, 3.05) is 18.5 Å². The minimum Gasteiger partial charge on any atom is -0.336 e. The zero-order chi connectivity index (χ0) is 13.1. The summed E-state index contributed by atoms with van der Waals surface area (Å²) in [6.07, 6.45) is 1.56. The number of nitrogens with one attached hydrogen (secondary N) is 1. The van der Waals surface area contributed by atoms with Crippen molar-refractivity contribution in [1.29, 1.82) is 0 Å². The minimum atomic E-state index is 0.0464. The number of hydrogen-bond acceptors (Lipinski definition) is 5. The molecule has 2 unspecified atom stereocenters. The highest BCUT2D eigenvalue weighted by Gasteiger charge is 2.26. The highest BCUT2D eigenvalue weighted by atomic mass is 32.2. The van der Waals surface area contributed by atoms with Gasteiger partial charge in [0.2, 0.25) is 0 Å².